The van der Waals surface area contributed by atoms with Gasteiger partial charge < -0.3 is 68.7 Å². The van der Waals surface area contributed by atoms with Crippen LogP contribution in [0.2, 0.25) is 0 Å². The third-order valence-corrected chi connectivity index (χ3v) is 17.3. The third-order valence-electron chi connectivity index (χ3n) is 17.3. The Morgan fingerprint density at radius 2 is 1.27 bits per heavy atom. The fourth-order valence-electron chi connectivity index (χ4n) is 12.3. The van der Waals surface area contributed by atoms with Crippen LogP contribution in [0.5, 0.6) is 0 Å². The first-order chi connectivity index (χ1) is 42.3. The van der Waals surface area contributed by atoms with E-state index in [2.05, 4.69) is 43.8 Å². The summed E-state index contributed by atoms with van der Waals surface area (Å²) in [6.45, 7) is 15.0. The smallest absolute Gasteiger partial charge is 0.245 e. The monoisotopic (exact) mass is 1250 g/mol. The Morgan fingerprint density at radius 1 is 0.652 bits per heavy atom. The van der Waals surface area contributed by atoms with E-state index in [1.807, 2.05) is 77.0 Å². The minimum Gasteiger partial charge on any atom is -0.370 e. The van der Waals surface area contributed by atoms with Gasteiger partial charge in [-0.25, -0.2) is 0 Å². The van der Waals surface area contributed by atoms with Crippen molar-refractivity contribution in [3.05, 3.63) is 35.9 Å². The number of nitrogens with two attached hydrogens (primary N) is 3. The van der Waals surface area contributed by atoms with Gasteiger partial charge in [-0.2, -0.15) is 0 Å². The van der Waals surface area contributed by atoms with Gasteiger partial charge in [0.05, 0.1) is 5.92 Å². The molecule has 0 aromatic heterocycles. The van der Waals surface area contributed by atoms with Crippen LogP contribution < -0.4 is 49.1 Å². The molecule has 0 radical (unpaired) electrons. The van der Waals surface area contributed by atoms with E-state index in [0.29, 0.717) is 45.2 Å². The molecule has 1 aliphatic carbocycles. The number of unbranched alkanes of at least 4 members (excludes halogenated alkanes) is 4. The Kier molecular flexibility index (Phi) is 32.9. The van der Waals surface area contributed by atoms with Gasteiger partial charge in [0.15, 0.2) is 5.96 Å². The molecule has 9 amide bonds. The molecule has 23 nitrogen and oxygen atoms in total. The van der Waals surface area contributed by atoms with Gasteiger partial charge in [0.1, 0.15) is 42.3 Å². The van der Waals surface area contributed by atoms with Gasteiger partial charge in [0.25, 0.3) is 0 Å². The van der Waals surface area contributed by atoms with E-state index >= 15 is 4.79 Å². The summed E-state index contributed by atoms with van der Waals surface area (Å²) >= 11 is 0. The molecule has 502 valence electrons. The lowest BCUT2D eigenvalue weighted by molar-refractivity contribution is -0.149. The van der Waals surface area contributed by atoms with E-state index in [4.69, 9.17) is 17.2 Å². The minimum absolute atomic E-state index is 0.0124. The van der Waals surface area contributed by atoms with E-state index in [1.165, 1.54) is 16.8 Å². The molecule has 0 bridgehead atoms. The van der Waals surface area contributed by atoms with Crippen LogP contribution in [0, 0.1) is 23.7 Å². The van der Waals surface area contributed by atoms with Crippen molar-refractivity contribution in [1.29, 1.82) is 0 Å². The van der Waals surface area contributed by atoms with Gasteiger partial charge in [-0.05, 0) is 121 Å². The van der Waals surface area contributed by atoms with Crippen LogP contribution in [-0.4, -0.2) is 187 Å². The molecule has 2 heterocycles. The molecule has 2 saturated heterocycles. The summed E-state index contributed by atoms with van der Waals surface area (Å²) < 4.78 is 0. The fourth-order valence-corrected chi connectivity index (χ4v) is 12.3. The van der Waals surface area contributed by atoms with Crippen LogP contribution >= 0.6 is 0 Å². The molecule has 3 fully saturated rings. The van der Waals surface area contributed by atoms with Crippen molar-refractivity contribution in [3.8, 4) is 0 Å². The second kappa shape index (κ2) is 39.0. The highest BCUT2D eigenvalue weighted by Crippen LogP contribution is 2.25. The van der Waals surface area contributed by atoms with Gasteiger partial charge >= 0.3 is 0 Å². The summed E-state index contributed by atoms with van der Waals surface area (Å²) in [6.07, 6.45) is 14.5. The second-order valence-electron chi connectivity index (χ2n) is 26.8. The molecule has 1 saturated carbocycles. The molecular weight excluding hydrogens is 1130 g/mol. The first kappa shape index (κ1) is 75.1. The molecule has 0 spiro atoms. The predicted molar refractivity (Wildman–Crippen MR) is 348 cm³/mol. The summed E-state index contributed by atoms with van der Waals surface area (Å²) in [6, 6.07) is 1.000. The number of hydrogen-bond acceptors (Lipinski definition) is 12. The van der Waals surface area contributed by atoms with Crippen LogP contribution in [0.4, 0.5) is 0 Å². The van der Waals surface area contributed by atoms with Crippen LogP contribution in [-0.2, 0) is 49.6 Å². The number of carbonyl (C=O) groups is 9. The molecule has 1 aromatic rings. The average Bonchev–Trinajstić information content (AvgIpc) is 2.15. The van der Waals surface area contributed by atoms with Crippen molar-refractivity contribution in [2.75, 3.05) is 53.9 Å². The van der Waals surface area contributed by atoms with E-state index in [1.54, 1.807) is 18.7 Å². The van der Waals surface area contributed by atoms with Crippen LogP contribution in [0.1, 0.15) is 189 Å². The quantitative estimate of drug-likeness (QED) is 0.0199. The first-order valence-corrected chi connectivity index (χ1v) is 33.5. The first-order valence-electron chi connectivity index (χ1n) is 33.5. The number of hydrogen-bond donors (Lipinski definition) is 9. The highest BCUT2D eigenvalue weighted by atomic mass is 16.2. The summed E-state index contributed by atoms with van der Waals surface area (Å²) in [5.41, 5.74) is 18.5. The van der Waals surface area contributed by atoms with Crippen molar-refractivity contribution in [2.45, 2.75) is 244 Å². The van der Waals surface area contributed by atoms with E-state index in [9.17, 15) is 38.4 Å². The molecule has 2 aliphatic heterocycles. The lowest BCUT2D eigenvalue weighted by Crippen LogP contribution is -2.61. The Labute approximate surface area is 531 Å². The summed E-state index contributed by atoms with van der Waals surface area (Å²) in [4.78, 5) is 140. The normalized spacial score (nSPS) is 19.3. The standard InChI is InChI=1S/C66H114N14O9/c1-11-12-13-14-22-33-56(81)79-36-24-28-47(41-79)58(82)74-52(39-46-26-18-17-19-27-46)61(85)72-51(32-25-35-77(8)9)60(84)75-53(37-43(2)3)64(88)80-42-48(67)40-55(80)65(89)78(10)54(38-44(4)5)62(86)76-57(45(6)7)63(87)73-50(31-23-34-70-66(68)69)59(83)71-49-29-20-15-16-21-30-49/h17-19,26-27,43-45,47-55,57H,11-16,20-25,28-42,67H2,1-10H3,(H,71,83)(H,72,85)(H,73,87)(H,74,82)(H,75,84)(H,76,86)(H4,68,69,70)/t47-,48+,50-,51+,52-,53-,54-,55-,57-/m0/s1. The van der Waals surface area contributed by atoms with Crippen molar-refractivity contribution < 1.29 is 43.2 Å². The number of amides is 9. The molecule has 0 unspecified atom stereocenters. The zero-order valence-electron chi connectivity index (χ0n) is 55.6. The van der Waals surface area contributed by atoms with Crippen molar-refractivity contribution in [1.82, 2.24) is 51.5 Å². The van der Waals surface area contributed by atoms with Crippen LogP contribution in [0.3, 0.4) is 0 Å². The number of nitrogens with zero attached hydrogens (tertiary/aromatic N) is 5. The Morgan fingerprint density at radius 3 is 1.90 bits per heavy atom. The largest absolute Gasteiger partial charge is 0.370 e. The van der Waals surface area contributed by atoms with Gasteiger partial charge in [0, 0.05) is 58.2 Å². The number of guanidine groups is 1. The fraction of sp³-hybridized carbons (Fsp3) is 0.758. The molecule has 1 aromatic carbocycles. The second-order valence-corrected chi connectivity index (χ2v) is 26.8. The van der Waals surface area contributed by atoms with Crippen molar-refractivity contribution in [2.24, 2.45) is 45.9 Å². The number of piperidine rings is 1. The topological polar surface area (TPSA) is 329 Å². The SMILES string of the molecule is CCCCCCCC(=O)N1CCC[C@H](C(=O)N[C@@H](Cc2ccccc2)C(=O)N[C@H](CCCN(C)C)C(=O)N[C@@H](CC(C)C)C(=O)N2C[C@H](N)C[C@H]2C(=O)N(C)[C@@H](CC(C)C)C(=O)N[C@H](C(=O)N[C@@H](CCCN=C(N)N)C(=O)NC2CCCCCC2)C(C)C)C1. The van der Waals surface area contributed by atoms with Crippen molar-refractivity contribution in [3.63, 3.8) is 0 Å². The number of benzene rings is 1. The molecule has 4 rings (SSSR count). The molecule has 23 heteroatoms. The van der Waals surface area contributed by atoms with E-state index in [-0.39, 0.29) is 99.7 Å². The maximum atomic E-state index is 15.1. The summed E-state index contributed by atoms with van der Waals surface area (Å²) in [5.74, 6) is -5.37. The number of likely N-dealkylation sites (N-methyl/N-ethyl adjacent to an activating group) is 1. The van der Waals surface area contributed by atoms with Gasteiger partial charge in [-0.15, -0.1) is 0 Å². The Bertz CT molecular complexity index is 2430. The zero-order chi connectivity index (χ0) is 65.7. The molecule has 89 heavy (non-hydrogen) atoms. The van der Waals surface area contributed by atoms with Crippen LogP contribution in [0.15, 0.2) is 35.3 Å². The highest BCUT2D eigenvalue weighted by molar-refractivity contribution is 5.98. The predicted octanol–water partition coefficient (Wildman–Crippen LogP) is 3.99. The number of carbonyl (C=O) groups excluding carboxylic acids is 9. The highest BCUT2D eigenvalue weighted by Gasteiger charge is 2.45. The lowest BCUT2D eigenvalue weighted by Gasteiger charge is -2.36. The number of rotatable bonds is 36. The van der Waals surface area contributed by atoms with Crippen LogP contribution in [0.25, 0.3) is 0 Å². The average molecular weight is 1250 g/mol. The van der Waals surface area contributed by atoms with Gasteiger partial charge in [-0.3, -0.25) is 48.1 Å². The molecule has 3 aliphatic rings. The maximum Gasteiger partial charge on any atom is 0.245 e. The van der Waals surface area contributed by atoms with Gasteiger partial charge in [-0.1, -0.05) is 130 Å². The minimum atomic E-state index is -1.15. The Hall–Kier alpha value is -6.36. The lowest BCUT2D eigenvalue weighted by atomic mass is 9.95. The van der Waals surface area contributed by atoms with E-state index in [0.717, 1.165) is 76.2 Å². The van der Waals surface area contributed by atoms with Crippen molar-refractivity contribution >= 4 is 59.1 Å². The summed E-state index contributed by atoms with van der Waals surface area (Å²) in [7, 11) is 5.30. The molecule has 9 atom stereocenters. The number of aliphatic imine (C=N–C) groups is 1. The number of nitrogens with one attached hydrogen (secondary N) is 6. The third kappa shape index (κ3) is 26.2. The number of likely N-dealkylation sites (tertiary alicyclic amines) is 2. The Balaban J connectivity index is 1.55. The maximum absolute atomic E-state index is 15.1. The van der Waals surface area contributed by atoms with E-state index < -0.39 is 95.6 Å². The molecular formula is C66H114N14O9. The summed E-state index contributed by atoms with van der Waals surface area (Å²) in [5, 5.41) is 17.9. The zero-order valence-corrected chi connectivity index (χ0v) is 55.6. The molecule has 12 N–H and O–H groups in total. The van der Waals surface area contributed by atoms with Gasteiger partial charge in [0.2, 0.25) is 53.2 Å².